The van der Waals surface area contributed by atoms with Crippen LogP contribution in [0.15, 0.2) is 82.2 Å². The lowest BCUT2D eigenvalue weighted by atomic mass is 9.94. The number of ether oxygens (including phenoxy) is 1. The summed E-state index contributed by atoms with van der Waals surface area (Å²) in [5.74, 6) is 1.79. The van der Waals surface area contributed by atoms with Crippen molar-refractivity contribution in [2.24, 2.45) is 4.99 Å². The van der Waals surface area contributed by atoms with E-state index in [1.165, 1.54) is 27.8 Å². The molecule has 0 amide bonds. The molecule has 0 fully saturated rings. The lowest BCUT2D eigenvalue weighted by Gasteiger charge is -2.18. The zero-order valence-electron chi connectivity index (χ0n) is 19.1. The third-order valence-electron chi connectivity index (χ3n) is 6.13. The topological polar surface area (TPSA) is 62.3 Å². The third-order valence-corrected chi connectivity index (χ3v) is 6.13. The van der Waals surface area contributed by atoms with Crippen LogP contribution in [0.3, 0.4) is 0 Å². The van der Waals surface area contributed by atoms with E-state index in [2.05, 4.69) is 88.4 Å². The fourth-order valence-corrected chi connectivity index (χ4v) is 4.27. The Morgan fingerprint density at radius 2 is 2.03 bits per heavy atom. The number of hydrogen-bond acceptors (Lipinski definition) is 4. The van der Waals surface area contributed by atoms with E-state index in [4.69, 9.17) is 4.74 Å². The molecule has 0 atom stereocenters. The highest BCUT2D eigenvalue weighted by Gasteiger charge is 2.13. The standard InChI is InChI=1S/C28H28N4O/c1-3-30-28-31-25-8-6-23(18-26(25)32-28)22-7-9-27-24(17-22)5-4-20(12-15-33-27)16-21-11-14-29-13-10-19(21)2/h4,6-9,11,13-14,17-18H,3,5,12,15-16H2,1-2H3,(H2,30,31,32)/b20-4+. The number of rotatable bonds is 5. The van der Waals surface area contributed by atoms with Crippen LogP contribution in [-0.4, -0.2) is 29.3 Å². The molecule has 0 saturated heterocycles. The fraction of sp³-hybridized carbons (Fsp3) is 0.250. The second-order valence-corrected chi connectivity index (χ2v) is 8.40. The first-order valence-corrected chi connectivity index (χ1v) is 11.5. The van der Waals surface area contributed by atoms with Gasteiger partial charge in [-0.05, 0) is 84.9 Å². The fourth-order valence-electron chi connectivity index (χ4n) is 4.27. The van der Waals surface area contributed by atoms with Gasteiger partial charge in [0.05, 0.1) is 23.8 Å². The molecule has 33 heavy (non-hydrogen) atoms. The van der Waals surface area contributed by atoms with Gasteiger partial charge < -0.3 is 15.0 Å². The van der Waals surface area contributed by atoms with E-state index >= 15 is 0 Å². The van der Waals surface area contributed by atoms with Gasteiger partial charge in [0.1, 0.15) is 5.75 Å². The molecular weight excluding hydrogens is 408 g/mol. The van der Waals surface area contributed by atoms with E-state index < -0.39 is 0 Å². The number of benzene rings is 2. The van der Waals surface area contributed by atoms with E-state index in [0.29, 0.717) is 6.61 Å². The number of nitrogens with zero attached hydrogens (tertiary/aromatic N) is 2. The highest BCUT2D eigenvalue weighted by Crippen LogP contribution is 2.32. The van der Waals surface area contributed by atoms with E-state index in [9.17, 15) is 0 Å². The monoisotopic (exact) mass is 436 g/mol. The third kappa shape index (κ3) is 4.69. The van der Waals surface area contributed by atoms with Crippen LogP contribution in [0.2, 0.25) is 0 Å². The maximum Gasteiger partial charge on any atom is 0.201 e. The predicted octanol–water partition coefficient (Wildman–Crippen LogP) is 6.37. The Kier molecular flexibility index (Phi) is 5.97. The van der Waals surface area contributed by atoms with Gasteiger partial charge in [0.25, 0.3) is 0 Å². The Morgan fingerprint density at radius 1 is 1.15 bits per heavy atom. The summed E-state index contributed by atoms with van der Waals surface area (Å²) in [5, 5.41) is 3.24. The van der Waals surface area contributed by atoms with Crippen molar-refractivity contribution < 1.29 is 4.74 Å². The summed E-state index contributed by atoms with van der Waals surface area (Å²) in [4.78, 5) is 12.1. The van der Waals surface area contributed by atoms with E-state index in [1.54, 1.807) is 6.20 Å². The molecule has 0 radical (unpaired) electrons. The summed E-state index contributed by atoms with van der Waals surface area (Å²) in [7, 11) is 0. The zero-order valence-corrected chi connectivity index (χ0v) is 19.1. The van der Waals surface area contributed by atoms with Gasteiger partial charge in [0.15, 0.2) is 0 Å². The Balaban J connectivity index is 1.40. The van der Waals surface area contributed by atoms with E-state index in [0.717, 1.165) is 54.1 Å². The van der Waals surface area contributed by atoms with Crippen molar-refractivity contribution in [2.45, 2.75) is 33.1 Å². The molecule has 0 bridgehead atoms. The van der Waals surface area contributed by atoms with Gasteiger partial charge in [0.2, 0.25) is 5.95 Å². The lowest BCUT2D eigenvalue weighted by molar-refractivity contribution is 0.315. The minimum atomic E-state index is 0.686. The van der Waals surface area contributed by atoms with Crippen LogP contribution in [0.1, 0.15) is 32.3 Å². The molecule has 2 aromatic carbocycles. The number of aromatic amines is 1. The van der Waals surface area contributed by atoms with Gasteiger partial charge in [-0.1, -0.05) is 29.5 Å². The molecule has 5 heteroatoms. The van der Waals surface area contributed by atoms with Crippen LogP contribution in [0.5, 0.6) is 5.75 Å². The molecule has 2 aliphatic rings. The largest absolute Gasteiger partial charge is 0.493 e. The van der Waals surface area contributed by atoms with Crippen molar-refractivity contribution >= 4 is 23.2 Å². The maximum absolute atomic E-state index is 6.15. The molecular formula is C28H28N4O. The normalized spacial score (nSPS) is 17.1. The first-order chi connectivity index (χ1) is 16.2. The number of nitrogens with one attached hydrogen (secondary N) is 2. The summed E-state index contributed by atoms with van der Waals surface area (Å²) in [6.07, 6.45) is 10.7. The van der Waals surface area contributed by atoms with Crippen molar-refractivity contribution in [3.8, 4) is 16.9 Å². The number of hydrogen-bond donors (Lipinski definition) is 2. The number of allylic oxidation sites excluding steroid dienone is 4. The van der Waals surface area contributed by atoms with Crippen molar-refractivity contribution in [2.75, 3.05) is 18.5 Å². The molecule has 5 rings (SSSR count). The lowest BCUT2D eigenvalue weighted by Crippen LogP contribution is -2.06. The number of H-pyrrole nitrogens is 1. The molecule has 0 spiro atoms. The summed E-state index contributed by atoms with van der Waals surface area (Å²) in [6.45, 7) is 5.68. The Hall–Kier alpha value is -3.82. The molecule has 0 saturated carbocycles. The van der Waals surface area contributed by atoms with Crippen LogP contribution < -0.4 is 10.1 Å². The second kappa shape index (κ2) is 9.35. The number of anilines is 1. The van der Waals surface area contributed by atoms with Crippen molar-refractivity contribution in [3.05, 3.63) is 82.8 Å². The number of aliphatic imine (C=N–C) groups is 1. The quantitative estimate of drug-likeness (QED) is 0.361. The smallest absolute Gasteiger partial charge is 0.201 e. The SMILES string of the molecule is CCNc1nc2ccc(-c3ccc4c(c3)C/C=C(/CC3=CC=NC=C=C3C)CCO4)cc2[nH]1. The Labute approximate surface area is 194 Å². The summed E-state index contributed by atoms with van der Waals surface area (Å²) < 4.78 is 6.15. The second-order valence-electron chi connectivity index (χ2n) is 8.40. The van der Waals surface area contributed by atoms with Crippen molar-refractivity contribution in [3.63, 3.8) is 0 Å². The van der Waals surface area contributed by atoms with E-state index in [-0.39, 0.29) is 0 Å². The molecule has 2 aliphatic heterocycles. The van der Waals surface area contributed by atoms with Gasteiger partial charge in [-0.15, -0.1) is 0 Å². The number of imidazole rings is 1. The molecule has 3 aromatic rings. The molecule has 2 N–H and O–H groups in total. The first-order valence-electron chi connectivity index (χ1n) is 11.5. The molecule has 166 valence electrons. The van der Waals surface area contributed by atoms with Crippen molar-refractivity contribution in [1.29, 1.82) is 0 Å². The molecule has 5 nitrogen and oxygen atoms in total. The Bertz CT molecular complexity index is 1350. The highest BCUT2D eigenvalue weighted by molar-refractivity contribution is 5.83. The average molecular weight is 437 g/mol. The van der Waals surface area contributed by atoms with Crippen LogP contribution in [0.4, 0.5) is 5.95 Å². The van der Waals surface area contributed by atoms with Gasteiger partial charge >= 0.3 is 0 Å². The van der Waals surface area contributed by atoms with Crippen molar-refractivity contribution in [1.82, 2.24) is 9.97 Å². The first kappa shape index (κ1) is 21.0. The zero-order chi connectivity index (χ0) is 22.6. The number of fused-ring (bicyclic) bond motifs is 2. The maximum atomic E-state index is 6.15. The van der Waals surface area contributed by atoms with Crippen LogP contribution in [-0.2, 0) is 6.42 Å². The van der Waals surface area contributed by atoms with E-state index in [1.807, 2.05) is 6.21 Å². The van der Waals surface area contributed by atoms with Gasteiger partial charge in [0, 0.05) is 19.2 Å². The summed E-state index contributed by atoms with van der Waals surface area (Å²) >= 11 is 0. The molecule has 3 heterocycles. The van der Waals surface area contributed by atoms with Gasteiger partial charge in [-0.2, -0.15) is 0 Å². The number of aromatic nitrogens is 2. The minimum absolute atomic E-state index is 0.686. The van der Waals surface area contributed by atoms with Crippen LogP contribution >= 0.6 is 0 Å². The highest BCUT2D eigenvalue weighted by atomic mass is 16.5. The average Bonchev–Trinajstić information content (AvgIpc) is 3.10. The van der Waals surface area contributed by atoms with Crippen LogP contribution in [0.25, 0.3) is 22.2 Å². The summed E-state index contributed by atoms with van der Waals surface area (Å²) in [6, 6.07) is 12.9. The summed E-state index contributed by atoms with van der Waals surface area (Å²) in [5.41, 5.74) is 12.6. The van der Waals surface area contributed by atoms with Gasteiger partial charge in [-0.3, -0.25) is 4.99 Å². The van der Waals surface area contributed by atoms with Crippen LogP contribution in [0, 0.1) is 0 Å². The predicted molar refractivity (Wildman–Crippen MR) is 136 cm³/mol. The molecule has 0 aliphatic carbocycles. The minimum Gasteiger partial charge on any atom is -0.493 e. The Morgan fingerprint density at radius 3 is 2.94 bits per heavy atom. The molecule has 1 aromatic heterocycles. The molecule has 0 unspecified atom stereocenters. The van der Waals surface area contributed by atoms with Gasteiger partial charge in [-0.25, -0.2) is 4.98 Å².